The van der Waals surface area contributed by atoms with E-state index in [-0.39, 0.29) is 6.10 Å². The fraction of sp³-hybridized carbons (Fsp3) is 0.478. The van der Waals surface area contributed by atoms with Gasteiger partial charge in [-0.25, -0.2) is 19.9 Å². The van der Waals surface area contributed by atoms with Crippen LogP contribution < -0.4 is 10.6 Å². The molecule has 4 aromatic heterocycles. The molecule has 32 heavy (non-hydrogen) atoms. The zero-order valence-electron chi connectivity index (χ0n) is 19.1. The fourth-order valence-corrected chi connectivity index (χ4v) is 3.59. The summed E-state index contributed by atoms with van der Waals surface area (Å²) in [6.45, 7) is 5.69. The van der Waals surface area contributed by atoms with Crippen LogP contribution in [0.1, 0.15) is 19.8 Å². The standard InChI is InChI=1S/C12H18N4.C11H16N4O/c1-10(8-13-2)5-7-16-9-15-12-11(16)4-3-6-14-12;1-12-7-9(16)4-6-15-8-14-11-10(15)3-2-5-13-11/h3-4,6,9-10,13H,5,7-8H2,1-2H3;2-3,5,8-9,12,16H,4,6-7H2,1H3. The number of pyridine rings is 2. The van der Waals surface area contributed by atoms with Crippen molar-refractivity contribution in [1.29, 1.82) is 0 Å². The summed E-state index contributed by atoms with van der Waals surface area (Å²) in [5.41, 5.74) is 3.73. The van der Waals surface area contributed by atoms with Gasteiger partial charge in [0.2, 0.25) is 0 Å². The van der Waals surface area contributed by atoms with Crippen LogP contribution >= 0.6 is 0 Å². The van der Waals surface area contributed by atoms with Crippen molar-refractivity contribution < 1.29 is 5.11 Å². The molecule has 0 aromatic carbocycles. The van der Waals surface area contributed by atoms with Gasteiger partial charge >= 0.3 is 0 Å². The number of nitrogens with zero attached hydrogens (tertiary/aromatic N) is 6. The molecule has 9 heteroatoms. The zero-order valence-corrected chi connectivity index (χ0v) is 19.1. The summed E-state index contributed by atoms with van der Waals surface area (Å²) in [5, 5.41) is 15.8. The van der Waals surface area contributed by atoms with E-state index < -0.39 is 0 Å². The molecule has 9 nitrogen and oxygen atoms in total. The summed E-state index contributed by atoms with van der Waals surface area (Å²) in [6.07, 6.45) is 8.70. The van der Waals surface area contributed by atoms with Crippen molar-refractivity contribution in [1.82, 2.24) is 39.7 Å². The first kappa shape index (κ1) is 23.8. The van der Waals surface area contributed by atoms with Crippen molar-refractivity contribution in [3.05, 3.63) is 49.3 Å². The number of nitrogens with one attached hydrogen (secondary N) is 2. The van der Waals surface area contributed by atoms with E-state index in [4.69, 9.17) is 0 Å². The highest BCUT2D eigenvalue weighted by Crippen LogP contribution is 2.12. The van der Waals surface area contributed by atoms with Crippen LogP contribution in [0, 0.1) is 5.92 Å². The van der Waals surface area contributed by atoms with E-state index in [2.05, 4.69) is 48.1 Å². The Morgan fingerprint density at radius 3 is 1.88 bits per heavy atom. The number of imidazole rings is 2. The van der Waals surface area contributed by atoms with Gasteiger partial charge in [0.15, 0.2) is 11.3 Å². The van der Waals surface area contributed by atoms with Crippen molar-refractivity contribution in [3.63, 3.8) is 0 Å². The van der Waals surface area contributed by atoms with E-state index in [0.29, 0.717) is 18.9 Å². The molecular formula is C23H34N8O. The van der Waals surface area contributed by atoms with Crippen LogP contribution in [0.15, 0.2) is 49.3 Å². The Morgan fingerprint density at radius 2 is 1.34 bits per heavy atom. The Bertz CT molecular complexity index is 990. The minimum atomic E-state index is -0.320. The summed E-state index contributed by atoms with van der Waals surface area (Å²) < 4.78 is 4.19. The van der Waals surface area contributed by atoms with E-state index in [9.17, 15) is 5.11 Å². The molecule has 0 aliphatic heterocycles. The molecular weight excluding hydrogens is 404 g/mol. The van der Waals surface area contributed by atoms with Crippen LogP contribution in [-0.2, 0) is 13.1 Å². The Balaban J connectivity index is 0.000000181. The topological polar surface area (TPSA) is 106 Å². The monoisotopic (exact) mass is 438 g/mol. The maximum absolute atomic E-state index is 9.61. The van der Waals surface area contributed by atoms with Gasteiger partial charge < -0.3 is 24.9 Å². The average Bonchev–Trinajstić information content (AvgIpc) is 3.41. The number of rotatable bonds is 10. The van der Waals surface area contributed by atoms with E-state index >= 15 is 0 Å². The van der Waals surface area contributed by atoms with Gasteiger partial charge in [-0.05, 0) is 63.7 Å². The largest absolute Gasteiger partial charge is 0.392 e. The second kappa shape index (κ2) is 12.2. The predicted octanol–water partition coefficient (Wildman–Crippen LogP) is 2.08. The van der Waals surface area contributed by atoms with Gasteiger partial charge in [-0.1, -0.05) is 6.92 Å². The van der Waals surface area contributed by atoms with Gasteiger partial charge in [-0.3, -0.25) is 0 Å². The second-order valence-electron chi connectivity index (χ2n) is 8.02. The van der Waals surface area contributed by atoms with Crippen molar-refractivity contribution >= 4 is 22.3 Å². The van der Waals surface area contributed by atoms with Gasteiger partial charge in [0.25, 0.3) is 0 Å². The summed E-state index contributed by atoms with van der Waals surface area (Å²) >= 11 is 0. The molecule has 0 fully saturated rings. The molecule has 0 spiro atoms. The average molecular weight is 439 g/mol. The molecule has 4 heterocycles. The number of likely N-dealkylation sites (N-methyl/N-ethyl adjacent to an activating group) is 1. The lowest BCUT2D eigenvalue weighted by Crippen LogP contribution is -2.24. The third-order valence-corrected chi connectivity index (χ3v) is 5.35. The fourth-order valence-electron chi connectivity index (χ4n) is 3.59. The van der Waals surface area contributed by atoms with Crippen LogP contribution in [0.25, 0.3) is 22.3 Å². The number of aliphatic hydroxyl groups excluding tert-OH is 1. The normalized spacial score (nSPS) is 13.1. The SMILES string of the molecule is CNCC(C)CCn1cnc2ncccc21.CNCC(O)CCn1cnc2ncccc21. The van der Waals surface area contributed by atoms with Crippen LogP contribution in [0.5, 0.6) is 0 Å². The lowest BCUT2D eigenvalue weighted by Gasteiger charge is -2.11. The molecule has 4 aromatic rings. The number of aryl methyl sites for hydroxylation is 2. The van der Waals surface area contributed by atoms with Crippen LogP contribution in [0.3, 0.4) is 0 Å². The van der Waals surface area contributed by atoms with Gasteiger partial charge in [0.05, 0.1) is 29.8 Å². The van der Waals surface area contributed by atoms with E-state index in [1.165, 1.54) is 0 Å². The van der Waals surface area contributed by atoms with Crippen LogP contribution in [0.2, 0.25) is 0 Å². The maximum atomic E-state index is 9.61. The molecule has 172 valence electrons. The highest BCUT2D eigenvalue weighted by atomic mass is 16.3. The van der Waals surface area contributed by atoms with Gasteiger partial charge in [0, 0.05) is 32.0 Å². The molecule has 2 atom stereocenters. The van der Waals surface area contributed by atoms with Crippen molar-refractivity contribution in [3.8, 4) is 0 Å². The molecule has 0 aliphatic carbocycles. The quantitative estimate of drug-likeness (QED) is 0.348. The number of hydrogen-bond acceptors (Lipinski definition) is 7. The maximum Gasteiger partial charge on any atom is 0.177 e. The van der Waals surface area contributed by atoms with Crippen LogP contribution in [0.4, 0.5) is 0 Å². The van der Waals surface area contributed by atoms with Crippen LogP contribution in [-0.4, -0.2) is 67.5 Å². The van der Waals surface area contributed by atoms with Crippen molar-refractivity contribution in [2.24, 2.45) is 5.92 Å². The highest BCUT2D eigenvalue weighted by molar-refractivity contribution is 5.70. The first-order valence-electron chi connectivity index (χ1n) is 11.1. The Hall–Kier alpha value is -2.88. The number of fused-ring (bicyclic) bond motifs is 2. The second-order valence-corrected chi connectivity index (χ2v) is 8.02. The molecule has 0 bridgehead atoms. The van der Waals surface area contributed by atoms with E-state index in [0.717, 1.165) is 48.4 Å². The van der Waals surface area contributed by atoms with Crippen molar-refractivity contribution in [2.75, 3.05) is 27.2 Å². The first-order chi connectivity index (χ1) is 15.6. The number of aliphatic hydroxyl groups is 1. The minimum Gasteiger partial charge on any atom is -0.392 e. The lowest BCUT2D eigenvalue weighted by molar-refractivity contribution is 0.159. The molecule has 0 saturated carbocycles. The zero-order chi connectivity index (χ0) is 22.8. The molecule has 0 amide bonds. The number of hydrogen-bond donors (Lipinski definition) is 3. The summed E-state index contributed by atoms with van der Waals surface area (Å²) in [5.74, 6) is 0.680. The summed E-state index contributed by atoms with van der Waals surface area (Å²) in [4.78, 5) is 16.9. The molecule has 3 N–H and O–H groups in total. The smallest absolute Gasteiger partial charge is 0.177 e. The third-order valence-electron chi connectivity index (χ3n) is 5.35. The third kappa shape index (κ3) is 6.56. The van der Waals surface area contributed by atoms with E-state index in [1.807, 2.05) is 43.2 Å². The molecule has 0 radical (unpaired) electrons. The summed E-state index contributed by atoms with van der Waals surface area (Å²) in [7, 11) is 3.83. The molecule has 2 unspecified atom stereocenters. The predicted molar refractivity (Wildman–Crippen MR) is 127 cm³/mol. The lowest BCUT2D eigenvalue weighted by atomic mass is 10.1. The molecule has 0 aliphatic rings. The molecule has 4 rings (SSSR count). The van der Waals surface area contributed by atoms with E-state index in [1.54, 1.807) is 18.7 Å². The first-order valence-corrected chi connectivity index (χ1v) is 11.1. The van der Waals surface area contributed by atoms with Gasteiger partial charge in [0.1, 0.15) is 0 Å². The minimum absolute atomic E-state index is 0.320. The van der Waals surface area contributed by atoms with Gasteiger partial charge in [-0.2, -0.15) is 0 Å². The number of aromatic nitrogens is 6. The Morgan fingerprint density at radius 1 is 0.812 bits per heavy atom. The molecule has 0 saturated heterocycles. The highest BCUT2D eigenvalue weighted by Gasteiger charge is 2.06. The van der Waals surface area contributed by atoms with Crippen molar-refractivity contribution in [2.45, 2.75) is 39.0 Å². The Kier molecular flexibility index (Phi) is 9.09. The Labute approximate surface area is 188 Å². The van der Waals surface area contributed by atoms with Gasteiger partial charge in [-0.15, -0.1) is 0 Å². The summed E-state index contributed by atoms with van der Waals surface area (Å²) in [6, 6.07) is 7.90.